The van der Waals surface area contributed by atoms with Gasteiger partial charge >= 0.3 is 0 Å². The summed E-state index contributed by atoms with van der Waals surface area (Å²) in [6.45, 7) is 0.404. The SMILES string of the molecule is O=C([O-])CNC(=O)c1cc2c3c(c1)[C@H]1C=CC[C@H]1[C@@H](c1ccc(F)cc1)N3C[C@H]1CC=C[C@H]21. The van der Waals surface area contributed by atoms with Crippen LogP contribution in [-0.2, 0) is 4.79 Å². The van der Waals surface area contributed by atoms with E-state index in [4.69, 9.17) is 0 Å². The third kappa shape index (κ3) is 3.19. The summed E-state index contributed by atoms with van der Waals surface area (Å²) in [5.41, 5.74) is 5.04. The molecule has 2 aromatic carbocycles. The van der Waals surface area contributed by atoms with Crippen molar-refractivity contribution in [3.8, 4) is 0 Å². The van der Waals surface area contributed by atoms with E-state index in [9.17, 15) is 19.1 Å². The molecular formula is C27H24FN2O3-. The molecule has 2 heterocycles. The van der Waals surface area contributed by atoms with Gasteiger partial charge in [-0.25, -0.2) is 4.39 Å². The van der Waals surface area contributed by atoms with Gasteiger partial charge in [0.05, 0.1) is 18.6 Å². The molecule has 0 fully saturated rings. The Bertz CT molecular complexity index is 1190. The standard InChI is InChI=1S/C27H25FN2O3/c28-18-9-7-15(8-10-18)25-21-6-2-5-20(21)23-12-17(27(33)29-13-24(31)32)11-22-19-4-1-3-16(19)14-30(25)26(22)23/h1-2,4-5,7-12,16,19-21,25H,3,6,13-14H2,(H,29,33)(H,31,32)/p-1/t16-,19+,20+,21-,25-/m1/s1. The minimum atomic E-state index is -1.31. The summed E-state index contributed by atoms with van der Waals surface area (Å²) in [6.07, 6.45) is 10.8. The molecule has 6 rings (SSSR count). The van der Waals surface area contributed by atoms with Crippen molar-refractivity contribution < 1.29 is 19.1 Å². The molecule has 2 aliphatic carbocycles. The second-order valence-electron chi connectivity index (χ2n) is 9.51. The van der Waals surface area contributed by atoms with Crippen LogP contribution in [0, 0.1) is 17.7 Å². The lowest BCUT2D eigenvalue weighted by molar-refractivity contribution is -0.303. The van der Waals surface area contributed by atoms with Crippen molar-refractivity contribution in [2.45, 2.75) is 30.7 Å². The molecule has 2 aliphatic heterocycles. The summed E-state index contributed by atoms with van der Waals surface area (Å²) >= 11 is 0. The summed E-state index contributed by atoms with van der Waals surface area (Å²) in [6, 6.07) is 10.9. The summed E-state index contributed by atoms with van der Waals surface area (Å²) in [4.78, 5) is 26.2. The third-order valence-corrected chi connectivity index (χ3v) is 7.72. The molecular weight excluding hydrogens is 419 g/mol. The molecule has 0 saturated heterocycles. The van der Waals surface area contributed by atoms with E-state index in [-0.39, 0.29) is 23.7 Å². The fourth-order valence-corrected chi connectivity index (χ4v) is 6.40. The predicted molar refractivity (Wildman–Crippen MR) is 120 cm³/mol. The number of hydrogen-bond donors (Lipinski definition) is 1. The molecule has 0 saturated carbocycles. The van der Waals surface area contributed by atoms with E-state index in [1.54, 1.807) is 0 Å². The number of aliphatic carboxylic acids is 1. The second kappa shape index (κ2) is 7.58. The van der Waals surface area contributed by atoms with Crippen molar-refractivity contribution in [1.29, 1.82) is 0 Å². The molecule has 0 unspecified atom stereocenters. The van der Waals surface area contributed by atoms with Gasteiger partial charge in [-0.15, -0.1) is 0 Å². The second-order valence-corrected chi connectivity index (χ2v) is 9.51. The highest BCUT2D eigenvalue weighted by Crippen LogP contribution is 2.58. The largest absolute Gasteiger partial charge is 0.548 e. The first kappa shape index (κ1) is 20.2. The zero-order valence-corrected chi connectivity index (χ0v) is 18.0. The summed E-state index contributed by atoms with van der Waals surface area (Å²) in [7, 11) is 0. The summed E-state index contributed by atoms with van der Waals surface area (Å²) in [5.74, 6) is -0.839. The van der Waals surface area contributed by atoms with E-state index < -0.39 is 18.4 Å². The summed E-state index contributed by atoms with van der Waals surface area (Å²) < 4.78 is 13.7. The lowest BCUT2D eigenvalue weighted by atomic mass is 9.70. The number of nitrogens with zero attached hydrogens (tertiary/aromatic N) is 1. The number of allylic oxidation sites excluding steroid dienone is 4. The van der Waals surface area contributed by atoms with E-state index in [1.807, 2.05) is 24.3 Å². The number of hydrogen-bond acceptors (Lipinski definition) is 4. The van der Waals surface area contributed by atoms with E-state index in [1.165, 1.54) is 17.8 Å². The maximum atomic E-state index is 13.7. The van der Waals surface area contributed by atoms with E-state index >= 15 is 0 Å². The number of anilines is 1. The maximum absolute atomic E-state index is 13.7. The van der Waals surface area contributed by atoms with Crippen LogP contribution in [0.5, 0.6) is 0 Å². The minimum absolute atomic E-state index is 0.135. The Morgan fingerprint density at radius 2 is 1.73 bits per heavy atom. The van der Waals surface area contributed by atoms with Gasteiger partial charge in [-0.3, -0.25) is 4.79 Å². The number of fused-ring (bicyclic) bond motifs is 4. The fourth-order valence-electron chi connectivity index (χ4n) is 6.40. The Kier molecular flexibility index (Phi) is 4.64. The van der Waals surface area contributed by atoms with Crippen LogP contribution in [0.1, 0.15) is 57.8 Å². The van der Waals surface area contributed by atoms with Crippen molar-refractivity contribution in [3.05, 3.63) is 88.8 Å². The van der Waals surface area contributed by atoms with Crippen LogP contribution in [0.15, 0.2) is 60.7 Å². The van der Waals surface area contributed by atoms with Crippen molar-refractivity contribution in [1.82, 2.24) is 5.32 Å². The topological polar surface area (TPSA) is 72.5 Å². The van der Waals surface area contributed by atoms with Gasteiger partial charge in [0.2, 0.25) is 0 Å². The lowest BCUT2D eigenvalue weighted by Crippen LogP contribution is -2.46. The molecule has 6 heteroatoms. The smallest absolute Gasteiger partial charge is 0.251 e. The average Bonchev–Trinajstić information content (AvgIpc) is 3.48. The molecule has 33 heavy (non-hydrogen) atoms. The summed E-state index contributed by atoms with van der Waals surface area (Å²) in [5, 5.41) is 13.3. The number of amides is 1. The lowest BCUT2D eigenvalue weighted by Gasteiger charge is -2.51. The molecule has 5 atom stereocenters. The first-order valence-electron chi connectivity index (χ1n) is 11.5. The number of benzene rings is 2. The van der Waals surface area contributed by atoms with E-state index in [2.05, 4.69) is 34.5 Å². The molecule has 168 valence electrons. The molecule has 4 aliphatic rings. The molecule has 1 amide bonds. The van der Waals surface area contributed by atoms with Gasteiger partial charge in [0.25, 0.3) is 5.91 Å². The highest BCUT2D eigenvalue weighted by molar-refractivity contribution is 5.97. The van der Waals surface area contributed by atoms with Crippen LogP contribution in [0.3, 0.4) is 0 Å². The number of halogens is 1. The van der Waals surface area contributed by atoms with Gasteiger partial charge in [0.15, 0.2) is 0 Å². The van der Waals surface area contributed by atoms with Crippen LogP contribution in [0.25, 0.3) is 0 Å². The van der Waals surface area contributed by atoms with Gasteiger partial charge in [-0.2, -0.15) is 0 Å². The number of carboxylic acids is 1. The average molecular weight is 443 g/mol. The van der Waals surface area contributed by atoms with Crippen molar-refractivity contribution in [3.63, 3.8) is 0 Å². The van der Waals surface area contributed by atoms with Gasteiger partial charge in [-0.1, -0.05) is 36.4 Å². The normalized spacial score (nSPS) is 28.3. The van der Waals surface area contributed by atoms with E-state index in [0.717, 1.165) is 36.1 Å². The first-order chi connectivity index (χ1) is 16.0. The Balaban J connectivity index is 1.51. The number of carbonyl (C=O) groups is 2. The zero-order valence-electron chi connectivity index (χ0n) is 18.0. The molecule has 5 nitrogen and oxygen atoms in total. The Hall–Kier alpha value is -3.41. The zero-order chi connectivity index (χ0) is 22.7. The maximum Gasteiger partial charge on any atom is 0.251 e. The van der Waals surface area contributed by atoms with Crippen LogP contribution in [0.2, 0.25) is 0 Å². The minimum Gasteiger partial charge on any atom is -0.548 e. The molecule has 2 aromatic rings. The fraction of sp³-hybridized carbons (Fsp3) is 0.333. The number of carboxylic acid groups (broad SMARTS) is 1. The first-order valence-corrected chi connectivity index (χ1v) is 11.5. The van der Waals surface area contributed by atoms with Gasteiger partial charge < -0.3 is 20.1 Å². The highest BCUT2D eigenvalue weighted by Gasteiger charge is 2.48. The third-order valence-electron chi connectivity index (χ3n) is 7.72. The molecule has 1 N–H and O–H groups in total. The van der Waals surface area contributed by atoms with Gasteiger partial charge in [0, 0.05) is 29.6 Å². The molecule has 0 radical (unpaired) electrons. The quantitative estimate of drug-likeness (QED) is 0.737. The van der Waals surface area contributed by atoms with Crippen molar-refractivity contribution in [2.24, 2.45) is 11.8 Å². The van der Waals surface area contributed by atoms with Crippen molar-refractivity contribution in [2.75, 3.05) is 18.0 Å². The predicted octanol–water partition coefficient (Wildman–Crippen LogP) is 3.20. The Morgan fingerprint density at radius 1 is 1.03 bits per heavy atom. The van der Waals surface area contributed by atoms with Crippen LogP contribution in [-0.4, -0.2) is 25.0 Å². The van der Waals surface area contributed by atoms with Crippen LogP contribution in [0.4, 0.5) is 10.1 Å². The Morgan fingerprint density at radius 3 is 2.48 bits per heavy atom. The monoisotopic (exact) mass is 443 g/mol. The van der Waals surface area contributed by atoms with Crippen molar-refractivity contribution >= 4 is 17.6 Å². The van der Waals surface area contributed by atoms with Crippen LogP contribution >= 0.6 is 0 Å². The van der Waals surface area contributed by atoms with Crippen LogP contribution < -0.4 is 15.3 Å². The molecule has 0 spiro atoms. The molecule has 0 aromatic heterocycles. The Labute approximate surface area is 191 Å². The number of rotatable bonds is 4. The number of carbonyl (C=O) groups excluding carboxylic acids is 2. The molecule has 0 bridgehead atoms. The van der Waals surface area contributed by atoms with E-state index in [0.29, 0.717) is 17.4 Å². The van der Waals surface area contributed by atoms with Gasteiger partial charge in [0.1, 0.15) is 5.82 Å². The highest BCUT2D eigenvalue weighted by atomic mass is 19.1. The van der Waals surface area contributed by atoms with Gasteiger partial charge in [-0.05, 0) is 65.6 Å². The number of nitrogens with one attached hydrogen (secondary N) is 1.